The van der Waals surface area contributed by atoms with Gasteiger partial charge in [-0.1, -0.05) is 11.6 Å². The second-order valence-corrected chi connectivity index (χ2v) is 8.93. The fourth-order valence-electron chi connectivity index (χ4n) is 5.47. The number of aryl methyl sites for hydroxylation is 1. The third-order valence-electron chi connectivity index (χ3n) is 6.73. The number of hydrogen-bond donors (Lipinski definition) is 2. The Morgan fingerprint density at radius 1 is 1.27 bits per heavy atom. The number of rotatable bonds is 3. The van der Waals surface area contributed by atoms with Gasteiger partial charge in [0.05, 0.1) is 29.3 Å². The first-order valence-electron chi connectivity index (χ1n) is 9.71. The number of carbonyl (C=O) groups is 1. The van der Waals surface area contributed by atoms with Crippen molar-refractivity contribution in [2.24, 2.45) is 12.5 Å². The van der Waals surface area contributed by atoms with Gasteiger partial charge in [0.1, 0.15) is 11.0 Å². The molecular formula is C19H15ClF6N4O3. The lowest BCUT2D eigenvalue weighted by Gasteiger charge is -2.29. The number of aliphatic hydroxyl groups is 1. The molecule has 1 amide bonds. The number of pyridine rings is 1. The number of aliphatic hydroxyl groups excluding tert-OH is 1. The minimum atomic E-state index is -4.83. The average molecular weight is 497 g/mol. The van der Waals surface area contributed by atoms with E-state index in [1.165, 1.54) is 7.05 Å². The number of anilines is 1. The molecule has 14 heteroatoms. The largest absolute Gasteiger partial charge is 0.435 e. The highest BCUT2D eigenvalue weighted by atomic mass is 35.5. The summed E-state index contributed by atoms with van der Waals surface area (Å²) in [6, 6.07) is 1.16. The molecule has 178 valence electrons. The highest BCUT2D eigenvalue weighted by Crippen LogP contribution is 2.78. The Hall–Kier alpha value is -2.38. The van der Waals surface area contributed by atoms with Crippen LogP contribution < -0.4 is 5.32 Å². The van der Waals surface area contributed by atoms with Crippen LogP contribution in [0.15, 0.2) is 18.3 Å². The smallest absolute Gasteiger partial charge is 0.390 e. The van der Waals surface area contributed by atoms with Gasteiger partial charge >= 0.3 is 12.4 Å². The number of nitrogens with zero attached hydrogens (tertiary/aromatic N) is 3. The lowest BCUT2D eigenvalue weighted by atomic mass is 9.73. The molecule has 1 saturated carbocycles. The molecular weight excluding hydrogens is 482 g/mol. The van der Waals surface area contributed by atoms with E-state index in [-0.39, 0.29) is 18.4 Å². The summed E-state index contributed by atoms with van der Waals surface area (Å²) in [5, 5.41) is 15.6. The molecule has 5 rings (SSSR count). The molecule has 33 heavy (non-hydrogen) atoms. The number of nitrogens with one attached hydrogen (secondary N) is 1. The summed E-state index contributed by atoms with van der Waals surface area (Å²) in [5.41, 5.74) is -5.73. The van der Waals surface area contributed by atoms with Gasteiger partial charge in [0.15, 0.2) is 5.69 Å². The maximum atomic E-state index is 13.7. The topological polar surface area (TPSA) is 89.3 Å². The van der Waals surface area contributed by atoms with Gasteiger partial charge in [0, 0.05) is 30.6 Å². The van der Waals surface area contributed by atoms with Crippen molar-refractivity contribution in [1.29, 1.82) is 0 Å². The first-order valence-corrected chi connectivity index (χ1v) is 10.1. The predicted octanol–water partition coefficient (Wildman–Crippen LogP) is 3.30. The van der Waals surface area contributed by atoms with Crippen LogP contribution in [0, 0.1) is 5.41 Å². The fraction of sp³-hybridized carbons (Fsp3) is 0.526. The normalized spacial score (nSPS) is 32.7. The second-order valence-electron chi connectivity index (χ2n) is 8.55. The maximum absolute atomic E-state index is 13.7. The summed E-state index contributed by atoms with van der Waals surface area (Å²) < 4.78 is 87.1. The molecule has 0 spiro atoms. The van der Waals surface area contributed by atoms with E-state index in [9.17, 15) is 36.2 Å². The molecule has 0 radical (unpaired) electrons. The molecule has 3 aliphatic rings. The molecule has 2 N–H and O–H groups in total. The van der Waals surface area contributed by atoms with Gasteiger partial charge in [-0.3, -0.25) is 9.48 Å². The van der Waals surface area contributed by atoms with Crippen molar-refractivity contribution in [3.8, 4) is 0 Å². The van der Waals surface area contributed by atoms with E-state index in [0.29, 0.717) is 12.1 Å². The average Bonchev–Trinajstić information content (AvgIpc) is 2.90. The van der Waals surface area contributed by atoms with Crippen molar-refractivity contribution in [3.63, 3.8) is 0 Å². The summed E-state index contributed by atoms with van der Waals surface area (Å²) in [6.07, 6.45) is -11.7. The fourth-order valence-corrected chi connectivity index (χ4v) is 5.68. The van der Waals surface area contributed by atoms with Gasteiger partial charge in [0.2, 0.25) is 5.91 Å². The van der Waals surface area contributed by atoms with Crippen LogP contribution in [0.5, 0.6) is 0 Å². The van der Waals surface area contributed by atoms with Crippen LogP contribution in [-0.2, 0) is 34.3 Å². The Morgan fingerprint density at radius 2 is 1.97 bits per heavy atom. The summed E-state index contributed by atoms with van der Waals surface area (Å²) in [4.78, 5) is 17.0. The van der Waals surface area contributed by atoms with E-state index in [1.807, 2.05) is 0 Å². The monoisotopic (exact) mass is 496 g/mol. The first-order chi connectivity index (χ1) is 15.2. The SMILES string of the molecule is Cn1cc(C23CC2(C(=O)Nc2cc(C(F)(F)F)cc(Cl)n2)C2CC(O)C3O2)c(C(F)(F)F)n1. The molecule has 1 aliphatic carbocycles. The molecule has 7 nitrogen and oxygen atoms in total. The molecule has 0 aromatic carbocycles. The Balaban J connectivity index is 1.56. The Labute approximate surface area is 186 Å². The zero-order valence-electron chi connectivity index (χ0n) is 16.6. The maximum Gasteiger partial charge on any atom is 0.435 e. The van der Waals surface area contributed by atoms with E-state index < -0.39 is 69.6 Å². The van der Waals surface area contributed by atoms with Gasteiger partial charge in [-0.15, -0.1) is 0 Å². The van der Waals surface area contributed by atoms with Crippen molar-refractivity contribution in [2.75, 3.05) is 5.32 Å². The molecule has 3 fully saturated rings. The zero-order chi connectivity index (χ0) is 24.1. The highest BCUT2D eigenvalue weighted by molar-refractivity contribution is 6.29. The molecule has 5 atom stereocenters. The molecule has 2 bridgehead atoms. The number of alkyl halides is 6. The van der Waals surface area contributed by atoms with Gasteiger partial charge in [-0.25, -0.2) is 4.98 Å². The van der Waals surface area contributed by atoms with E-state index >= 15 is 0 Å². The quantitative estimate of drug-likeness (QED) is 0.503. The summed E-state index contributed by atoms with van der Waals surface area (Å²) >= 11 is 5.67. The van der Waals surface area contributed by atoms with Crippen LogP contribution in [0.2, 0.25) is 5.15 Å². The molecule has 2 saturated heterocycles. The van der Waals surface area contributed by atoms with E-state index in [0.717, 1.165) is 10.9 Å². The van der Waals surface area contributed by atoms with Crippen LogP contribution in [0.25, 0.3) is 0 Å². The number of amides is 1. The number of fused-ring (bicyclic) bond motifs is 5. The van der Waals surface area contributed by atoms with E-state index in [1.54, 1.807) is 0 Å². The summed E-state index contributed by atoms with van der Waals surface area (Å²) in [5.74, 6) is -1.36. The van der Waals surface area contributed by atoms with Crippen molar-refractivity contribution < 1.29 is 41.0 Å². The zero-order valence-corrected chi connectivity index (χ0v) is 17.4. The number of halogens is 7. The van der Waals surface area contributed by atoms with Crippen LogP contribution in [0.4, 0.5) is 32.2 Å². The minimum absolute atomic E-state index is 0.00176. The predicted molar refractivity (Wildman–Crippen MR) is 99.1 cm³/mol. The van der Waals surface area contributed by atoms with Crippen molar-refractivity contribution in [2.45, 2.75) is 48.9 Å². The third kappa shape index (κ3) is 3.01. The van der Waals surface area contributed by atoms with Crippen LogP contribution in [-0.4, -0.2) is 44.1 Å². The Bertz CT molecular complexity index is 1170. The van der Waals surface area contributed by atoms with E-state index in [4.69, 9.17) is 16.3 Å². The number of aromatic nitrogens is 3. The lowest BCUT2D eigenvalue weighted by Crippen LogP contribution is -2.45. The molecule has 2 aliphatic heterocycles. The van der Waals surface area contributed by atoms with Crippen LogP contribution in [0.3, 0.4) is 0 Å². The van der Waals surface area contributed by atoms with Gasteiger partial charge in [0.25, 0.3) is 0 Å². The molecule has 5 unspecified atom stereocenters. The first kappa shape index (κ1) is 22.4. The Kier molecular flexibility index (Phi) is 4.48. The standard InChI is InChI=1S/C19H15ClF6N4O3/c1-30-5-8(13(29-30)19(24,25)26)16-6-17(16,10-4-9(31)14(16)33-10)15(32)28-12-3-7(18(21,22)23)2-11(20)27-12/h2-3,5,9-10,14,31H,4,6H2,1H3,(H,27,28,32). The summed E-state index contributed by atoms with van der Waals surface area (Å²) in [7, 11) is 1.29. The van der Waals surface area contributed by atoms with Crippen LogP contribution in [0.1, 0.15) is 29.7 Å². The van der Waals surface area contributed by atoms with Crippen molar-refractivity contribution >= 4 is 23.3 Å². The van der Waals surface area contributed by atoms with Crippen molar-refractivity contribution in [1.82, 2.24) is 14.8 Å². The second kappa shape index (κ2) is 6.60. The van der Waals surface area contributed by atoms with Crippen LogP contribution >= 0.6 is 11.6 Å². The lowest BCUT2D eigenvalue weighted by molar-refractivity contribution is -0.143. The molecule has 2 aromatic rings. The number of ether oxygens (including phenoxy) is 1. The number of carbonyl (C=O) groups excluding carboxylic acids is 1. The Morgan fingerprint density at radius 3 is 2.61 bits per heavy atom. The molecule has 4 heterocycles. The number of hydrogen-bond acceptors (Lipinski definition) is 5. The summed E-state index contributed by atoms with van der Waals surface area (Å²) in [6.45, 7) is 0. The van der Waals surface area contributed by atoms with E-state index in [2.05, 4.69) is 15.4 Å². The molecule has 2 aromatic heterocycles. The van der Waals surface area contributed by atoms with Gasteiger partial charge in [-0.2, -0.15) is 31.4 Å². The van der Waals surface area contributed by atoms with Gasteiger partial charge < -0.3 is 15.2 Å². The van der Waals surface area contributed by atoms with Gasteiger partial charge in [-0.05, 0) is 18.6 Å². The third-order valence-corrected chi connectivity index (χ3v) is 6.92. The van der Waals surface area contributed by atoms with Crippen molar-refractivity contribution in [3.05, 3.63) is 40.3 Å². The minimum Gasteiger partial charge on any atom is -0.390 e. The highest BCUT2D eigenvalue weighted by Gasteiger charge is 2.88.